The Morgan fingerprint density at radius 2 is 2.47 bits per heavy atom. The lowest BCUT2D eigenvalue weighted by Gasteiger charge is -2.10. The lowest BCUT2D eigenvalue weighted by Crippen LogP contribution is -2.17. The van der Waals surface area contributed by atoms with Crippen molar-refractivity contribution in [3.05, 3.63) is 30.1 Å². The van der Waals surface area contributed by atoms with E-state index in [4.69, 9.17) is 15.1 Å². The Kier molecular flexibility index (Phi) is 4.11. The number of aromatic nitrogens is 3. The van der Waals surface area contributed by atoms with E-state index in [-0.39, 0.29) is 12.7 Å². The smallest absolute Gasteiger partial charge is 0.233 e. The van der Waals surface area contributed by atoms with Crippen molar-refractivity contribution in [3.63, 3.8) is 0 Å². The van der Waals surface area contributed by atoms with Crippen LogP contribution in [-0.4, -0.2) is 32.8 Å². The molecule has 2 rings (SSSR count). The van der Waals surface area contributed by atoms with E-state index in [9.17, 15) is 0 Å². The molecule has 0 aliphatic carbocycles. The van der Waals surface area contributed by atoms with Crippen LogP contribution in [0.15, 0.2) is 24.5 Å². The van der Waals surface area contributed by atoms with E-state index in [0.29, 0.717) is 23.5 Å². The highest BCUT2D eigenvalue weighted by Gasteiger charge is 2.09. The van der Waals surface area contributed by atoms with Crippen molar-refractivity contribution in [2.45, 2.75) is 19.4 Å². The summed E-state index contributed by atoms with van der Waals surface area (Å²) in [5.74, 6) is 0.374. The first kappa shape index (κ1) is 13.1. The van der Waals surface area contributed by atoms with Crippen LogP contribution in [0.3, 0.4) is 0 Å². The zero-order valence-electron chi connectivity index (χ0n) is 10.5. The SMILES string of the molecule is CC(CO)Oc1cnc2[nH]cc(CC=CC#N)c2n1. The van der Waals surface area contributed by atoms with Gasteiger partial charge in [0.1, 0.15) is 11.6 Å². The highest BCUT2D eigenvalue weighted by atomic mass is 16.5. The molecule has 0 aliphatic heterocycles. The predicted molar refractivity (Wildman–Crippen MR) is 69.5 cm³/mol. The van der Waals surface area contributed by atoms with Crippen LogP contribution in [0.5, 0.6) is 5.88 Å². The summed E-state index contributed by atoms with van der Waals surface area (Å²) >= 11 is 0. The molecule has 0 saturated heterocycles. The van der Waals surface area contributed by atoms with Crippen LogP contribution in [-0.2, 0) is 6.42 Å². The van der Waals surface area contributed by atoms with Crippen LogP contribution in [0.2, 0.25) is 0 Å². The first-order chi connectivity index (χ1) is 9.24. The lowest BCUT2D eigenvalue weighted by molar-refractivity contribution is 0.125. The van der Waals surface area contributed by atoms with E-state index in [1.54, 1.807) is 13.0 Å². The molecule has 0 amide bonds. The Morgan fingerprint density at radius 3 is 3.21 bits per heavy atom. The highest BCUT2D eigenvalue weighted by Crippen LogP contribution is 2.18. The van der Waals surface area contributed by atoms with Gasteiger partial charge in [0.25, 0.3) is 0 Å². The number of nitriles is 1. The number of ether oxygens (including phenoxy) is 1. The topological polar surface area (TPSA) is 94.8 Å². The minimum Gasteiger partial charge on any atom is -0.471 e. The van der Waals surface area contributed by atoms with Gasteiger partial charge in [-0.1, -0.05) is 6.08 Å². The molecule has 0 fully saturated rings. The van der Waals surface area contributed by atoms with Gasteiger partial charge < -0.3 is 14.8 Å². The molecule has 1 unspecified atom stereocenters. The second-order valence-corrected chi connectivity index (χ2v) is 4.07. The first-order valence-electron chi connectivity index (χ1n) is 5.89. The molecule has 0 radical (unpaired) electrons. The number of fused-ring (bicyclic) bond motifs is 1. The summed E-state index contributed by atoms with van der Waals surface area (Å²) in [6.07, 6.45) is 6.79. The van der Waals surface area contributed by atoms with E-state index in [1.807, 2.05) is 12.3 Å². The molecular weight excluding hydrogens is 244 g/mol. The summed E-state index contributed by atoms with van der Waals surface area (Å²) in [7, 11) is 0. The molecule has 0 saturated carbocycles. The fourth-order valence-corrected chi connectivity index (χ4v) is 1.62. The maximum atomic E-state index is 8.95. The molecule has 2 N–H and O–H groups in total. The molecule has 0 aliphatic rings. The maximum absolute atomic E-state index is 8.95. The first-order valence-corrected chi connectivity index (χ1v) is 5.89. The third-order valence-corrected chi connectivity index (χ3v) is 2.55. The fraction of sp³-hybridized carbons (Fsp3) is 0.308. The number of nitrogens with zero attached hydrogens (tertiary/aromatic N) is 3. The van der Waals surface area contributed by atoms with E-state index in [0.717, 1.165) is 5.56 Å². The second kappa shape index (κ2) is 5.98. The fourth-order valence-electron chi connectivity index (χ4n) is 1.62. The summed E-state index contributed by atoms with van der Waals surface area (Å²) in [5.41, 5.74) is 2.32. The lowest BCUT2D eigenvalue weighted by atomic mass is 10.2. The van der Waals surface area contributed by atoms with Gasteiger partial charge in [-0.05, 0) is 13.3 Å². The van der Waals surface area contributed by atoms with Gasteiger partial charge in [0, 0.05) is 17.8 Å². The summed E-state index contributed by atoms with van der Waals surface area (Å²) < 4.78 is 5.41. The number of aliphatic hydroxyl groups is 1. The van der Waals surface area contributed by atoms with Crippen molar-refractivity contribution in [2.75, 3.05) is 6.61 Å². The average molecular weight is 258 g/mol. The average Bonchev–Trinajstić information content (AvgIpc) is 2.82. The van der Waals surface area contributed by atoms with Crippen molar-refractivity contribution in [1.82, 2.24) is 15.0 Å². The van der Waals surface area contributed by atoms with Gasteiger partial charge in [0.2, 0.25) is 5.88 Å². The molecule has 19 heavy (non-hydrogen) atoms. The van der Waals surface area contributed by atoms with Crippen molar-refractivity contribution >= 4 is 11.2 Å². The summed E-state index contributed by atoms with van der Waals surface area (Å²) in [6, 6.07) is 1.94. The number of H-pyrrole nitrogens is 1. The van der Waals surface area contributed by atoms with E-state index >= 15 is 0 Å². The van der Waals surface area contributed by atoms with Crippen LogP contribution in [0.1, 0.15) is 12.5 Å². The second-order valence-electron chi connectivity index (χ2n) is 4.07. The molecule has 2 heterocycles. The maximum Gasteiger partial charge on any atom is 0.233 e. The normalized spacial score (nSPS) is 12.7. The summed E-state index contributed by atoms with van der Waals surface area (Å²) in [6.45, 7) is 1.67. The number of aromatic amines is 1. The molecule has 0 aromatic carbocycles. The highest BCUT2D eigenvalue weighted by molar-refractivity contribution is 5.75. The van der Waals surface area contributed by atoms with Crippen molar-refractivity contribution < 1.29 is 9.84 Å². The Hall–Kier alpha value is -2.39. The Balaban J connectivity index is 2.27. The van der Waals surface area contributed by atoms with Crippen LogP contribution < -0.4 is 4.74 Å². The van der Waals surface area contributed by atoms with Gasteiger partial charge in [0.05, 0.1) is 18.9 Å². The molecule has 2 aromatic rings. The molecule has 2 aromatic heterocycles. The van der Waals surface area contributed by atoms with Gasteiger partial charge in [-0.25, -0.2) is 9.97 Å². The summed E-state index contributed by atoms with van der Waals surface area (Å²) in [4.78, 5) is 11.6. The minimum atomic E-state index is -0.326. The van der Waals surface area contributed by atoms with E-state index in [2.05, 4.69) is 15.0 Å². The van der Waals surface area contributed by atoms with Gasteiger partial charge in [-0.2, -0.15) is 5.26 Å². The number of hydrogen-bond donors (Lipinski definition) is 2. The number of allylic oxidation sites excluding steroid dienone is 2. The van der Waals surface area contributed by atoms with Crippen LogP contribution in [0, 0.1) is 11.3 Å². The van der Waals surface area contributed by atoms with Gasteiger partial charge in [0.15, 0.2) is 5.65 Å². The van der Waals surface area contributed by atoms with Gasteiger partial charge in [-0.3, -0.25) is 0 Å². The van der Waals surface area contributed by atoms with Crippen LogP contribution >= 0.6 is 0 Å². The van der Waals surface area contributed by atoms with Crippen molar-refractivity contribution in [3.8, 4) is 11.9 Å². The van der Waals surface area contributed by atoms with Gasteiger partial charge >= 0.3 is 0 Å². The van der Waals surface area contributed by atoms with Gasteiger partial charge in [-0.15, -0.1) is 0 Å². The molecule has 6 nitrogen and oxygen atoms in total. The minimum absolute atomic E-state index is 0.0788. The Bertz CT molecular complexity index is 627. The number of rotatable bonds is 5. The van der Waals surface area contributed by atoms with Crippen molar-refractivity contribution in [1.29, 1.82) is 5.26 Å². The molecule has 0 spiro atoms. The Morgan fingerprint density at radius 1 is 1.63 bits per heavy atom. The summed E-state index contributed by atoms with van der Waals surface area (Å²) in [5, 5.41) is 17.4. The molecular formula is C13H14N4O2. The third-order valence-electron chi connectivity index (χ3n) is 2.55. The molecule has 1 atom stereocenters. The van der Waals surface area contributed by atoms with E-state index in [1.165, 1.54) is 12.3 Å². The van der Waals surface area contributed by atoms with Crippen LogP contribution in [0.25, 0.3) is 11.2 Å². The molecule has 98 valence electrons. The standard InChI is InChI=1S/C13H14N4O2/c1-9(8-18)19-11-7-16-13-12(17-11)10(6-15-13)4-2-3-5-14/h2-3,6-7,9,18H,4,8H2,1H3,(H,15,16). The molecule has 0 bridgehead atoms. The quantitative estimate of drug-likeness (QED) is 0.789. The molecule has 6 heteroatoms. The largest absolute Gasteiger partial charge is 0.471 e. The number of nitrogens with one attached hydrogen (secondary N) is 1. The van der Waals surface area contributed by atoms with Crippen LogP contribution in [0.4, 0.5) is 0 Å². The number of hydrogen-bond acceptors (Lipinski definition) is 5. The zero-order chi connectivity index (χ0) is 13.7. The zero-order valence-corrected chi connectivity index (χ0v) is 10.5. The monoisotopic (exact) mass is 258 g/mol. The van der Waals surface area contributed by atoms with E-state index < -0.39 is 0 Å². The number of aliphatic hydroxyl groups excluding tert-OH is 1. The Labute approximate surface area is 110 Å². The third kappa shape index (κ3) is 3.09. The predicted octanol–water partition coefficient (Wildman–Crippen LogP) is 1.34. The van der Waals surface area contributed by atoms with Crippen molar-refractivity contribution in [2.24, 2.45) is 0 Å².